The maximum Gasteiger partial charge on any atom is 0.191 e. The lowest BCUT2D eigenvalue weighted by atomic mass is 10.1. The molecular formula is C10H15NO2S. The summed E-state index contributed by atoms with van der Waals surface area (Å²) in [4.78, 5) is 0.384. The van der Waals surface area contributed by atoms with Gasteiger partial charge in [0.15, 0.2) is 9.84 Å². The zero-order valence-electron chi connectivity index (χ0n) is 8.66. The smallest absolute Gasteiger partial charge is 0.191 e. The van der Waals surface area contributed by atoms with E-state index in [4.69, 9.17) is 0 Å². The van der Waals surface area contributed by atoms with Crippen LogP contribution in [-0.2, 0) is 9.84 Å². The molecule has 0 fully saturated rings. The van der Waals surface area contributed by atoms with E-state index in [-0.39, 0.29) is 5.88 Å². The van der Waals surface area contributed by atoms with Gasteiger partial charge in [-0.1, -0.05) is 6.07 Å². The Labute approximate surface area is 85.1 Å². The van der Waals surface area contributed by atoms with Crippen molar-refractivity contribution >= 4 is 9.84 Å². The van der Waals surface area contributed by atoms with Gasteiger partial charge in [0, 0.05) is 0 Å². The van der Waals surface area contributed by atoms with E-state index in [1.807, 2.05) is 19.9 Å². The third kappa shape index (κ3) is 2.33. The topological polar surface area (TPSA) is 46.2 Å². The third-order valence-corrected chi connectivity index (χ3v) is 3.81. The first-order valence-corrected chi connectivity index (χ1v) is 6.07. The first kappa shape index (κ1) is 11.2. The molecule has 0 aromatic heterocycles. The van der Waals surface area contributed by atoms with Crippen LogP contribution in [0.1, 0.15) is 11.1 Å². The zero-order valence-corrected chi connectivity index (χ0v) is 9.48. The molecule has 0 radical (unpaired) electrons. The van der Waals surface area contributed by atoms with Gasteiger partial charge in [-0.2, -0.15) is 0 Å². The molecule has 0 spiro atoms. The fourth-order valence-electron chi connectivity index (χ4n) is 1.18. The lowest BCUT2D eigenvalue weighted by Gasteiger charge is -2.06. The Morgan fingerprint density at radius 2 is 1.86 bits per heavy atom. The highest BCUT2D eigenvalue weighted by molar-refractivity contribution is 7.91. The summed E-state index contributed by atoms with van der Waals surface area (Å²) in [5.74, 6) is -0.0184. The van der Waals surface area contributed by atoms with Crippen LogP contribution in [0.15, 0.2) is 23.1 Å². The van der Waals surface area contributed by atoms with Crippen LogP contribution in [-0.4, -0.2) is 21.3 Å². The molecule has 0 bridgehead atoms. The van der Waals surface area contributed by atoms with Crippen molar-refractivity contribution in [3.05, 3.63) is 29.3 Å². The molecule has 14 heavy (non-hydrogen) atoms. The van der Waals surface area contributed by atoms with Gasteiger partial charge in [-0.05, 0) is 44.2 Å². The Kier molecular flexibility index (Phi) is 3.29. The van der Waals surface area contributed by atoms with Gasteiger partial charge in [-0.25, -0.2) is 8.42 Å². The average molecular weight is 213 g/mol. The monoisotopic (exact) mass is 213 g/mol. The van der Waals surface area contributed by atoms with Gasteiger partial charge >= 0.3 is 0 Å². The summed E-state index contributed by atoms with van der Waals surface area (Å²) >= 11 is 0. The maximum atomic E-state index is 11.6. The number of nitrogens with one attached hydrogen (secondary N) is 1. The van der Waals surface area contributed by atoms with Gasteiger partial charge in [0.05, 0.1) is 4.90 Å². The minimum absolute atomic E-state index is 0.0184. The summed E-state index contributed by atoms with van der Waals surface area (Å²) < 4.78 is 23.3. The SMILES string of the molecule is CNCS(=O)(=O)c1ccc(C)c(C)c1. The van der Waals surface area contributed by atoms with Crippen molar-refractivity contribution in [1.29, 1.82) is 0 Å². The summed E-state index contributed by atoms with van der Waals surface area (Å²) in [5, 5.41) is 2.65. The van der Waals surface area contributed by atoms with E-state index in [0.29, 0.717) is 4.90 Å². The van der Waals surface area contributed by atoms with Crippen LogP contribution in [0.25, 0.3) is 0 Å². The Hall–Kier alpha value is -0.870. The van der Waals surface area contributed by atoms with Gasteiger partial charge in [-0.3, -0.25) is 0 Å². The van der Waals surface area contributed by atoms with Gasteiger partial charge in [0.25, 0.3) is 0 Å². The van der Waals surface area contributed by atoms with E-state index in [1.165, 1.54) is 0 Å². The molecule has 0 unspecified atom stereocenters. The minimum atomic E-state index is -3.16. The highest BCUT2D eigenvalue weighted by atomic mass is 32.2. The lowest BCUT2D eigenvalue weighted by Crippen LogP contribution is -2.19. The van der Waals surface area contributed by atoms with Gasteiger partial charge in [0.2, 0.25) is 0 Å². The van der Waals surface area contributed by atoms with Crippen LogP contribution >= 0.6 is 0 Å². The molecule has 4 heteroatoms. The summed E-state index contributed by atoms with van der Waals surface area (Å²) in [6.07, 6.45) is 0. The Morgan fingerprint density at radius 3 is 2.36 bits per heavy atom. The van der Waals surface area contributed by atoms with E-state index in [0.717, 1.165) is 11.1 Å². The molecular weight excluding hydrogens is 198 g/mol. The second-order valence-corrected chi connectivity index (χ2v) is 5.35. The minimum Gasteiger partial charge on any atom is -0.306 e. The standard InChI is InChI=1S/C10H15NO2S/c1-8-4-5-10(6-9(8)2)14(12,13)7-11-3/h4-6,11H,7H2,1-3H3. The Bertz CT molecular complexity index is 424. The second-order valence-electron chi connectivity index (χ2n) is 3.36. The van der Waals surface area contributed by atoms with Crippen molar-refractivity contribution in [3.63, 3.8) is 0 Å². The van der Waals surface area contributed by atoms with Crippen molar-refractivity contribution in [2.45, 2.75) is 18.7 Å². The largest absolute Gasteiger partial charge is 0.306 e. The van der Waals surface area contributed by atoms with Gasteiger partial charge in [-0.15, -0.1) is 0 Å². The Morgan fingerprint density at radius 1 is 1.21 bits per heavy atom. The quantitative estimate of drug-likeness (QED) is 0.822. The van der Waals surface area contributed by atoms with Gasteiger partial charge < -0.3 is 5.32 Å². The second kappa shape index (κ2) is 4.11. The molecule has 0 aliphatic rings. The molecule has 0 amide bonds. The van der Waals surface area contributed by atoms with Crippen LogP contribution in [0.2, 0.25) is 0 Å². The molecule has 78 valence electrons. The molecule has 0 saturated carbocycles. The molecule has 3 nitrogen and oxygen atoms in total. The van der Waals surface area contributed by atoms with Crippen LogP contribution < -0.4 is 5.32 Å². The van der Waals surface area contributed by atoms with Crippen molar-refractivity contribution in [2.24, 2.45) is 0 Å². The fraction of sp³-hybridized carbons (Fsp3) is 0.400. The Balaban J connectivity index is 3.15. The average Bonchev–Trinajstić information content (AvgIpc) is 2.09. The molecule has 0 saturated heterocycles. The van der Waals surface area contributed by atoms with E-state index < -0.39 is 9.84 Å². The normalized spacial score (nSPS) is 11.6. The van der Waals surface area contributed by atoms with E-state index in [9.17, 15) is 8.42 Å². The van der Waals surface area contributed by atoms with Crippen LogP contribution in [0, 0.1) is 13.8 Å². The van der Waals surface area contributed by atoms with E-state index in [1.54, 1.807) is 19.2 Å². The summed E-state index contributed by atoms with van der Waals surface area (Å²) in [5.41, 5.74) is 2.11. The van der Waals surface area contributed by atoms with Crippen molar-refractivity contribution in [2.75, 3.05) is 12.9 Å². The highest BCUT2D eigenvalue weighted by Gasteiger charge is 2.13. The number of rotatable bonds is 3. The summed E-state index contributed by atoms with van der Waals surface area (Å²) in [6.45, 7) is 3.87. The van der Waals surface area contributed by atoms with Crippen molar-refractivity contribution in [1.82, 2.24) is 5.32 Å². The first-order chi connectivity index (χ1) is 6.47. The third-order valence-electron chi connectivity index (χ3n) is 2.17. The fourth-order valence-corrected chi connectivity index (χ4v) is 2.36. The van der Waals surface area contributed by atoms with Crippen LogP contribution in [0.4, 0.5) is 0 Å². The maximum absolute atomic E-state index is 11.6. The number of hydrogen-bond donors (Lipinski definition) is 1. The number of aryl methyl sites for hydroxylation is 2. The van der Waals surface area contributed by atoms with Crippen molar-refractivity contribution in [3.8, 4) is 0 Å². The van der Waals surface area contributed by atoms with Crippen molar-refractivity contribution < 1.29 is 8.42 Å². The van der Waals surface area contributed by atoms with Crippen LogP contribution in [0.5, 0.6) is 0 Å². The van der Waals surface area contributed by atoms with E-state index >= 15 is 0 Å². The number of hydrogen-bond acceptors (Lipinski definition) is 3. The predicted molar refractivity (Wildman–Crippen MR) is 57.0 cm³/mol. The van der Waals surface area contributed by atoms with Crippen LogP contribution in [0.3, 0.4) is 0 Å². The zero-order chi connectivity index (χ0) is 10.8. The summed E-state index contributed by atoms with van der Waals surface area (Å²) in [7, 11) is -1.54. The molecule has 0 aliphatic carbocycles. The number of sulfone groups is 1. The molecule has 1 aromatic carbocycles. The summed E-state index contributed by atoms with van der Waals surface area (Å²) in [6, 6.07) is 5.19. The molecule has 0 aliphatic heterocycles. The molecule has 1 rings (SSSR count). The van der Waals surface area contributed by atoms with E-state index in [2.05, 4.69) is 5.32 Å². The highest BCUT2D eigenvalue weighted by Crippen LogP contribution is 2.15. The first-order valence-electron chi connectivity index (χ1n) is 4.42. The lowest BCUT2D eigenvalue weighted by molar-refractivity contribution is 0.591. The number of benzene rings is 1. The molecule has 1 N–H and O–H groups in total. The molecule has 0 heterocycles. The molecule has 1 aromatic rings. The molecule has 0 atom stereocenters. The van der Waals surface area contributed by atoms with Gasteiger partial charge in [0.1, 0.15) is 5.88 Å². The predicted octanol–water partition coefficient (Wildman–Crippen LogP) is 1.25.